The number of hydrogen-bond acceptors (Lipinski definition) is 5. The topological polar surface area (TPSA) is 98.3 Å². The molecule has 0 radical (unpaired) electrons. The summed E-state index contributed by atoms with van der Waals surface area (Å²) in [5, 5.41) is 14.4. The number of nitro benzene ring substituents is 1. The summed E-state index contributed by atoms with van der Waals surface area (Å²) in [7, 11) is 0. The number of nitro groups is 1. The second-order valence-electron chi connectivity index (χ2n) is 6.05. The van der Waals surface area contributed by atoms with Crippen LogP contribution in [-0.4, -0.2) is 15.8 Å². The van der Waals surface area contributed by atoms with E-state index in [-0.39, 0.29) is 27.7 Å². The van der Waals surface area contributed by atoms with Crippen molar-refractivity contribution < 1.29 is 14.1 Å². The number of oxazole rings is 1. The Morgan fingerprint density at radius 1 is 1.07 bits per heavy atom. The van der Waals surface area contributed by atoms with Gasteiger partial charge in [-0.25, -0.2) is 4.98 Å². The molecular weight excluding hydrogens is 417 g/mol. The molecule has 0 saturated heterocycles. The van der Waals surface area contributed by atoms with Crippen molar-refractivity contribution in [1.82, 2.24) is 4.98 Å². The van der Waals surface area contributed by atoms with Gasteiger partial charge in [-0.1, -0.05) is 35.3 Å². The molecule has 4 rings (SSSR count). The standard InChI is InChI=1S/C20H11Cl2N3O4/c21-11-5-7-13(15(22)9-11)19(26)23-16-4-2-1-3-14(16)20-24-17-8-6-12(25(27)28)10-18(17)29-20/h1-10H,(H,23,26). The molecule has 0 aliphatic carbocycles. The number of halogens is 2. The molecular formula is C20H11Cl2N3O4. The Morgan fingerprint density at radius 2 is 1.86 bits per heavy atom. The Hall–Kier alpha value is -3.42. The van der Waals surface area contributed by atoms with Crippen LogP contribution in [0.1, 0.15) is 10.4 Å². The summed E-state index contributed by atoms with van der Waals surface area (Å²) in [4.78, 5) is 27.5. The van der Waals surface area contributed by atoms with E-state index >= 15 is 0 Å². The summed E-state index contributed by atoms with van der Waals surface area (Å²) in [5.41, 5.74) is 1.87. The van der Waals surface area contributed by atoms with E-state index in [1.54, 1.807) is 30.3 Å². The molecule has 144 valence electrons. The first-order valence-corrected chi connectivity index (χ1v) is 9.09. The van der Waals surface area contributed by atoms with E-state index in [0.717, 1.165) is 0 Å². The van der Waals surface area contributed by atoms with Crippen LogP contribution in [0.4, 0.5) is 11.4 Å². The summed E-state index contributed by atoms with van der Waals surface area (Å²) in [6.45, 7) is 0. The van der Waals surface area contributed by atoms with Crippen LogP contribution in [0.15, 0.2) is 65.1 Å². The first-order chi connectivity index (χ1) is 13.9. The fourth-order valence-electron chi connectivity index (χ4n) is 2.78. The third kappa shape index (κ3) is 3.78. The zero-order valence-electron chi connectivity index (χ0n) is 14.6. The summed E-state index contributed by atoms with van der Waals surface area (Å²) >= 11 is 12.0. The molecule has 29 heavy (non-hydrogen) atoms. The van der Waals surface area contributed by atoms with Crippen molar-refractivity contribution in [2.75, 3.05) is 5.32 Å². The second kappa shape index (κ2) is 7.54. The van der Waals surface area contributed by atoms with Crippen LogP contribution in [0.5, 0.6) is 0 Å². The number of aromatic nitrogens is 1. The summed E-state index contributed by atoms with van der Waals surface area (Å²) in [6, 6.07) is 15.7. The summed E-state index contributed by atoms with van der Waals surface area (Å²) < 4.78 is 5.70. The molecule has 4 aromatic rings. The van der Waals surface area contributed by atoms with Gasteiger partial charge in [-0.15, -0.1) is 0 Å². The van der Waals surface area contributed by atoms with Gasteiger partial charge in [0.05, 0.1) is 32.8 Å². The number of anilines is 1. The highest BCUT2D eigenvalue weighted by Crippen LogP contribution is 2.32. The third-order valence-corrected chi connectivity index (χ3v) is 4.71. The largest absolute Gasteiger partial charge is 0.436 e. The monoisotopic (exact) mass is 427 g/mol. The number of amides is 1. The lowest BCUT2D eigenvalue weighted by Crippen LogP contribution is -2.13. The van der Waals surface area contributed by atoms with Gasteiger partial charge in [0.2, 0.25) is 5.89 Å². The smallest absolute Gasteiger partial charge is 0.273 e. The molecule has 0 bridgehead atoms. The average molecular weight is 428 g/mol. The van der Waals surface area contributed by atoms with Crippen molar-refractivity contribution in [1.29, 1.82) is 0 Å². The van der Waals surface area contributed by atoms with Crippen LogP contribution in [0.2, 0.25) is 10.0 Å². The highest BCUT2D eigenvalue weighted by atomic mass is 35.5. The zero-order valence-corrected chi connectivity index (χ0v) is 16.1. The average Bonchev–Trinajstić information content (AvgIpc) is 3.11. The number of hydrogen-bond donors (Lipinski definition) is 1. The number of carbonyl (C=O) groups excluding carboxylic acids is 1. The molecule has 0 aliphatic heterocycles. The molecule has 1 amide bonds. The van der Waals surface area contributed by atoms with E-state index in [0.29, 0.717) is 21.8 Å². The summed E-state index contributed by atoms with van der Waals surface area (Å²) in [6.07, 6.45) is 0. The normalized spacial score (nSPS) is 10.8. The van der Waals surface area contributed by atoms with Gasteiger partial charge >= 0.3 is 0 Å². The third-order valence-electron chi connectivity index (χ3n) is 4.16. The van der Waals surface area contributed by atoms with Gasteiger partial charge in [0.25, 0.3) is 11.6 Å². The maximum Gasteiger partial charge on any atom is 0.273 e. The Morgan fingerprint density at radius 3 is 2.62 bits per heavy atom. The Bertz CT molecular complexity index is 1270. The Balaban J connectivity index is 1.71. The SMILES string of the molecule is O=C(Nc1ccccc1-c1nc2ccc([N+](=O)[O-])cc2o1)c1ccc(Cl)cc1Cl. The molecule has 0 unspecified atom stereocenters. The molecule has 1 heterocycles. The van der Waals surface area contributed by atoms with Crippen molar-refractivity contribution in [3.8, 4) is 11.5 Å². The van der Waals surface area contributed by atoms with Crippen molar-refractivity contribution in [3.05, 3.63) is 86.4 Å². The second-order valence-corrected chi connectivity index (χ2v) is 6.90. The van der Waals surface area contributed by atoms with E-state index in [9.17, 15) is 14.9 Å². The van der Waals surface area contributed by atoms with E-state index < -0.39 is 10.8 Å². The number of para-hydroxylation sites is 1. The van der Waals surface area contributed by atoms with Crippen molar-refractivity contribution in [2.45, 2.75) is 0 Å². The highest BCUT2D eigenvalue weighted by Gasteiger charge is 2.17. The molecule has 7 nitrogen and oxygen atoms in total. The number of benzene rings is 3. The number of rotatable bonds is 4. The van der Waals surface area contributed by atoms with E-state index in [1.165, 1.54) is 30.3 Å². The lowest BCUT2D eigenvalue weighted by molar-refractivity contribution is -0.384. The van der Waals surface area contributed by atoms with Gasteiger partial charge < -0.3 is 9.73 Å². The highest BCUT2D eigenvalue weighted by molar-refractivity contribution is 6.37. The van der Waals surface area contributed by atoms with E-state index in [1.807, 2.05) is 0 Å². The van der Waals surface area contributed by atoms with Gasteiger partial charge in [-0.3, -0.25) is 14.9 Å². The van der Waals surface area contributed by atoms with Gasteiger partial charge in [-0.2, -0.15) is 0 Å². The first kappa shape index (κ1) is 18.9. The molecule has 0 atom stereocenters. The minimum atomic E-state index is -0.508. The lowest BCUT2D eigenvalue weighted by Gasteiger charge is -2.10. The maximum atomic E-state index is 12.7. The van der Waals surface area contributed by atoms with Crippen molar-refractivity contribution in [2.24, 2.45) is 0 Å². The molecule has 0 fully saturated rings. The fourth-order valence-corrected chi connectivity index (χ4v) is 3.28. The number of nitrogens with zero attached hydrogens (tertiary/aromatic N) is 2. The summed E-state index contributed by atoms with van der Waals surface area (Å²) in [5.74, 6) is -0.204. The quantitative estimate of drug-likeness (QED) is 0.319. The van der Waals surface area contributed by atoms with Crippen LogP contribution in [0.25, 0.3) is 22.6 Å². The molecule has 0 aliphatic rings. The lowest BCUT2D eigenvalue weighted by atomic mass is 10.1. The molecule has 9 heteroatoms. The van der Waals surface area contributed by atoms with Crippen molar-refractivity contribution >= 4 is 51.6 Å². The Labute approximate surface area is 174 Å². The van der Waals surface area contributed by atoms with E-state index in [4.69, 9.17) is 27.6 Å². The fraction of sp³-hybridized carbons (Fsp3) is 0. The van der Waals surface area contributed by atoms with Gasteiger partial charge in [0.15, 0.2) is 5.58 Å². The van der Waals surface area contributed by atoms with Crippen LogP contribution < -0.4 is 5.32 Å². The predicted octanol–water partition coefficient (Wildman–Crippen LogP) is 5.96. The molecule has 3 aromatic carbocycles. The zero-order chi connectivity index (χ0) is 20.5. The van der Waals surface area contributed by atoms with Gasteiger partial charge in [0.1, 0.15) is 5.52 Å². The van der Waals surface area contributed by atoms with Crippen molar-refractivity contribution in [3.63, 3.8) is 0 Å². The minimum absolute atomic E-state index is 0.0980. The first-order valence-electron chi connectivity index (χ1n) is 8.33. The number of carbonyl (C=O) groups is 1. The minimum Gasteiger partial charge on any atom is -0.436 e. The van der Waals surface area contributed by atoms with Gasteiger partial charge in [0, 0.05) is 11.1 Å². The maximum absolute atomic E-state index is 12.7. The molecule has 1 N–H and O–H groups in total. The van der Waals surface area contributed by atoms with E-state index in [2.05, 4.69) is 10.3 Å². The van der Waals surface area contributed by atoms with Crippen LogP contribution in [-0.2, 0) is 0 Å². The molecule has 0 saturated carbocycles. The Kier molecular flexibility index (Phi) is 4.92. The molecule has 0 spiro atoms. The number of non-ortho nitro benzene ring substituents is 1. The number of nitrogens with one attached hydrogen (secondary N) is 1. The van der Waals surface area contributed by atoms with Crippen LogP contribution >= 0.6 is 23.2 Å². The van der Waals surface area contributed by atoms with Crippen LogP contribution in [0.3, 0.4) is 0 Å². The number of fused-ring (bicyclic) bond motifs is 1. The predicted molar refractivity (Wildman–Crippen MR) is 111 cm³/mol. The van der Waals surface area contributed by atoms with Crippen LogP contribution in [0, 0.1) is 10.1 Å². The van der Waals surface area contributed by atoms with Gasteiger partial charge in [-0.05, 0) is 36.4 Å². The molecule has 1 aromatic heterocycles.